The van der Waals surface area contributed by atoms with Gasteiger partial charge in [0.25, 0.3) is 0 Å². The maximum Gasteiger partial charge on any atom is 0.141 e. The van der Waals surface area contributed by atoms with Crippen LogP contribution in [0.25, 0.3) is 0 Å². The van der Waals surface area contributed by atoms with Gasteiger partial charge >= 0.3 is 0 Å². The molecule has 0 aromatic carbocycles. The van der Waals surface area contributed by atoms with Crippen LogP contribution < -0.4 is 0 Å². The molecule has 0 fully saturated rings. The molecule has 1 N–H and O–H groups in total. The van der Waals surface area contributed by atoms with E-state index in [0.717, 1.165) is 6.20 Å². The molecule has 2 heterocycles. The van der Waals surface area contributed by atoms with E-state index in [0.29, 0.717) is 15.0 Å². The van der Waals surface area contributed by atoms with Crippen molar-refractivity contribution in [1.82, 2.24) is 9.97 Å². The van der Waals surface area contributed by atoms with Crippen molar-refractivity contribution in [3.8, 4) is 0 Å². The Morgan fingerprint density at radius 1 is 1.50 bits per heavy atom. The molecule has 16 heavy (non-hydrogen) atoms. The molecular formula is C10H8BrFN2OS. The van der Waals surface area contributed by atoms with Crippen molar-refractivity contribution in [2.45, 2.75) is 12.5 Å². The van der Waals surface area contributed by atoms with E-state index in [2.05, 4.69) is 25.9 Å². The first-order chi connectivity index (χ1) is 7.51. The first-order valence-electron chi connectivity index (χ1n) is 4.44. The number of nitrogens with zero attached hydrogens (tertiary/aromatic N) is 2. The van der Waals surface area contributed by atoms with Crippen molar-refractivity contribution in [2.75, 3.05) is 0 Å². The highest BCUT2D eigenvalue weighted by molar-refractivity contribution is 9.10. The molecule has 0 radical (unpaired) electrons. The van der Waals surface area contributed by atoms with E-state index in [4.69, 9.17) is 0 Å². The van der Waals surface area contributed by atoms with Gasteiger partial charge in [-0.3, -0.25) is 4.98 Å². The first-order valence-corrected chi connectivity index (χ1v) is 6.12. The summed E-state index contributed by atoms with van der Waals surface area (Å²) in [4.78, 5) is 8.34. The molecule has 0 bridgehead atoms. The zero-order valence-electron chi connectivity index (χ0n) is 8.32. The monoisotopic (exact) mass is 302 g/mol. The third-order valence-electron chi connectivity index (χ3n) is 2.23. The van der Waals surface area contributed by atoms with Crippen LogP contribution in [0.3, 0.4) is 0 Å². The van der Waals surface area contributed by atoms with Crippen molar-refractivity contribution in [2.24, 2.45) is 0 Å². The topological polar surface area (TPSA) is 46.0 Å². The Labute approximate surface area is 104 Å². The molecule has 0 aliphatic carbocycles. The van der Waals surface area contributed by atoms with Gasteiger partial charge in [-0.25, -0.2) is 9.37 Å². The van der Waals surface area contributed by atoms with Crippen molar-refractivity contribution in [3.05, 3.63) is 44.8 Å². The number of thiazole rings is 1. The van der Waals surface area contributed by atoms with Gasteiger partial charge in [0.2, 0.25) is 0 Å². The van der Waals surface area contributed by atoms with E-state index in [1.54, 1.807) is 12.4 Å². The summed E-state index contributed by atoms with van der Waals surface area (Å²) in [5.74, 6) is -0.474. The number of rotatable bonds is 2. The standard InChI is InChI=1S/C10H8BrFN2OS/c1-10(15,8-9(11)14-5-16-8)6-2-7(12)4-13-3-6/h2-5,15H,1H3. The second-order valence-electron chi connectivity index (χ2n) is 3.44. The molecule has 84 valence electrons. The van der Waals surface area contributed by atoms with Gasteiger partial charge in [-0.2, -0.15) is 0 Å². The minimum Gasteiger partial charge on any atom is -0.380 e. The molecule has 0 saturated heterocycles. The lowest BCUT2D eigenvalue weighted by Crippen LogP contribution is -2.22. The fourth-order valence-corrected chi connectivity index (χ4v) is 3.02. The van der Waals surface area contributed by atoms with E-state index in [1.807, 2.05) is 0 Å². The van der Waals surface area contributed by atoms with E-state index in [9.17, 15) is 9.50 Å². The number of aromatic nitrogens is 2. The van der Waals surface area contributed by atoms with Crippen LogP contribution in [0.4, 0.5) is 4.39 Å². The summed E-state index contributed by atoms with van der Waals surface area (Å²) in [5, 5.41) is 10.4. The van der Waals surface area contributed by atoms with E-state index < -0.39 is 11.4 Å². The molecule has 3 nitrogen and oxygen atoms in total. The molecule has 0 spiro atoms. The van der Waals surface area contributed by atoms with Gasteiger partial charge in [0.05, 0.1) is 16.6 Å². The highest BCUT2D eigenvalue weighted by Crippen LogP contribution is 2.36. The van der Waals surface area contributed by atoms with Crippen LogP contribution in [0.15, 0.2) is 28.6 Å². The molecule has 1 atom stereocenters. The van der Waals surface area contributed by atoms with Gasteiger partial charge in [0, 0.05) is 11.8 Å². The Balaban J connectivity index is 2.51. The molecule has 2 aromatic rings. The lowest BCUT2D eigenvalue weighted by Gasteiger charge is -2.22. The number of hydrogen-bond donors (Lipinski definition) is 1. The minimum atomic E-state index is -1.30. The Bertz CT molecular complexity index is 515. The lowest BCUT2D eigenvalue weighted by molar-refractivity contribution is 0.104. The molecule has 0 saturated carbocycles. The van der Waals surface area contributed by atoms with Crippen molar-refractivity contribution in [3.63, 3.8) is 0 Å². The molecule has 0 amide bonds. The molecule has 2 aromatic heterocycles. The van der Waals surface area contributed by atoms with Crippen LogP contribution >= 0.6 is 27.3 Å². The lowest BCUT2D eigenvalue weighted by atomic mass is 9.96. The maximum absolute atomic E-state index is 13.0. The Hall–Kier alpha value is -0.850. The van der Waals surface area contributed by atoms with Crippen LogP contribution in [0, 0.1) is 5.82 Å². The van der Waals surface area contributed by atoms with Crippen LogP contribution in [-0.2, 0) is 5.60 Å². The summed E-state index contributed by atoms with van der Waals surface area (Å²) in [5.41, 5.74) is 0.716. The predicted molar refractivity (Wildman–Crippen MR) is 62.7 cm³/mol. The summed E-state index contributed by atoms with van der Waals surface area (Å²) in [6, 6.07) is 1.26. The van der Waals surface area contributed by atoms with Crippen LogP contribution in [0.2, 0.25) is 0 Å². The summed E-state index contributed by atoms with van der Waals surface area (Å²) in [7, 11) is 0. The third-order valence-corrected chi connectivity index (χ3v) is 4.13. The van der Waals surface area contributed by atoms with Gasteiger partial charge < -0.3 is 5.11 Å². The largest absolute Gasteiger partial charge is 0.380 e. The molecule has 1 unspecified atom stereocenters. The second kappa shape index (κ2) is 4.20. The third kappa shape index (κ3) is 2.00. The summed E-state index contributed by atoms with van der Waals surface area (Å²) >= 11 is 4.54. The Kier molecular flexibility index (Phi) is 3.05. The quantitative estimate of drug-likeness (QED) is 0.928. The minimum absolute atomic E-state index is 0.400. The highest BCUT2D eigenvalue weighted by Gasteiger charge is 2.30. The van der Waals surface area contributed by atoms with Crippen LogP contribution in [0.5, 0.6) is 0 Å². The van der Waals surface area contributed by atoms with Crippen molar-refractivity contribution >= 4 is 27.3 Å². The van der Waals surface area contributed by atoms with Gasteiger partial charge in [-0.1, -0.05) is 0 Å². The summed E-state index contributed by atoms with van der Waals surface area (Å²) < 4.78 is 13.6. The Morgan fingerprint density at radius 3 is 2.81 bits per heavy atom. The Morgan fingerprint density at radius 2 is 2.25 bits per heavy atom. The van der Waals surface area contributed by atoms with Crippen molar-refractivity contribution < 1.29 is 9.50 Å². The number of pyridine rings is 1. The zero-order chi connectivity index (χ0) is 11.8. The van der Waals surface area contributed by atoms with Gasteiger partial charge in [-0.15, -0.1) is 11.3 Å². The number of halogens is 2. The van der Waals surface area contributed by atoms with Crippen LogP contribution in [-0.4, -0.2) is 15.1 Å². The fraction of sp³-hybridized carbons (Fsp3) is 0.200. The number of hydrogen-bond acceptors (Lipinski definition) is 4. The molecule has 0 aliphatic rings. The van der Waals surface area contributed by atoms with Crippen LogP contribution in [0.1, 0.15) is 17.4 Å². The van der Waals surface area contributed by atoms with E-state index in [1.165, 1.54) is 23.6 Å². The number of aliphatic hydroxyl groups is 1. The molecule has 6 heteroatoms. The SMILES string of the molecule is CC(O)(c1cncc(F)c1)c1scnc1Br. The zero-order valence-corrected chi connectivity index (χ0v) is 10.7. The average Bonchev–Trinajstić information content (AvgIpc) is 2.65. The molecule has 2 rings (SSSR count). The predicted octanol–water partition coefficient (Wildman–Crippen LogP) is 2.70. The molecular weight excluding hydrogens is 295 g/mol. The van der Waals surface area contributed by atoms with E-state index >= 15 is 0 Å². The van der Waals surface area contributed by atoms with Gasteiger partial charge in [0.1, 0.15) is 16.0 Å². The fourth-order valence-electron chi connectivity index (χ4n) is 1.36. The normalized spacial score (nSPS) is 14.8. The van der Waals surface area contributed by atoms with E-state index in [-0.39, 0.29) is 0 Å². The highest BCUT2D eigenvalue weighted by atomic mass is 79.9. The summed E-state index contributed by atoms with van der Waals surface area (Å²) in [6.07, 6.45) is 2.54. The second-order valence-corrected chi connectivity index (χ2v) is 5.04. The average molecular weight is 303 g/mol. The maximum atomic E-state index is 13.0. The van der Waals surface area contributed by atoms with Gasteiger partial charge in [-0.05, 0) is 28.9 Å². The summed E-state index contributed by atoms with van der Waals surface area (Å²) in [6.45, 7) is 1.59. The first kappa shape index (κ1) is 11.6. The van der Waals surface area contributed by atoms with Gasteiger partial charge in [0.15, 0.2) is 0 Å². The molecule has 0 aliphatic heterocycles. The smallest absolute Gasteiger partial charge is 0.141 e. The van der Waals surface area contributed by atoms with Crippen molar-refractivity contribution in [1.29, 1.82) is 0 Å².